The fourth-order valence-corrected chi connectivity index (χ4v) is 3.60. The summed E-state index contributed by atoms with van der Waals surface area (Å²) >= 11 is 1.47. The van der Waals surface area contributed by atoms with Crippen molar-refractivity contribution in [2.24, 2.45) is 0 Å². The lowest BCUT2D eigenvalue weighted by atomic mass is 10.1. The number of halogens is 4. The lowest BCUT2D eigenvalue weighted by molar-refractivity contribution is -0.125. The molecule has 158 valence electrons. The van der Waals surface area contributed by atoms with Gasteiger partial charge in [0.1, 0.15) is 16.5 Å². The number of rotatable bonds is 8. The van der Waals surface area contributed by atoms with Crippen LogP contribution < -0.4 is 9.47 Å². The normalized spacial score (nSPS) is 11.6. The van der Waals surface area contributed by atoms with Gasteiger partial charge < -0.3 is 14.4 Å². The zero-order chi connectivity index (χ0) is 21.7. The van der Waals surface area contributed by atoms with Crippen LogP contribution in [0.2, 0.25) is 0 Å². The summed E-state index contributed by atoms with van der Waals surface area (Å²) in [5.41, 5.74) is 0.951. The van der Waals surface area contributed by atoms with Crippen molar-refractivity contribution >= 4 is 33.5 Å². The first kappa shape index (κ1) is 21.6. The second-order valence-electron chi connectivity index (χ2n) is 6.06. The Hall–Kier alpha value is -3.14. The number of thiazole rings is 1. The molecular weight excluding hydrogens is 424 g/mol. The number of ether oxygens (including phenoxy) is 2. The second-order valence-corrected chi connectivity index (χ2v) is 7.17. The minimum absolute atomic E-state index is 0.110. The molecule has 5 nitrogen and oxygen atoms in total. The van der Waals surface area contributed by atoms with Crippen molar-refractivity contribution in [1.29, 1.82) is 0 Å². The molecule has 0 spiro atoms. The Balaban J connectivity index is 1.72. The smallest absolute Gasteiger partial charge is 0.387 e. The lowest BCUT2D eigenvalue weighted by Gasteiger charge is -2.13. The Morgan fingerprint density at radius 3 is 2.57 bits per heavy atom. The van der Waals surface area contributed by atoms with Crippen molar-refractivity contribution in [3.63, 3.8) is 0 Å². The molecule has 0 bridgehead atoms. The zero-order valence-corrected chi connectivity index (χ0v) is 16.4. The molecule has 10 heteroatoms. The number of aromatic nitrogens is 1. The van der Waals surface area contributed by atoms with Gasteiger partial charge in [0, 0.05) is 24.8 Å². The highest BCUT2D eigenvalue weighted by Gasteiger charge is 2.14. The fourth-order valence-electron chi connectivity index (χ4n) is 2.58. The van der Waals surface area contributed by atoms with Gasteiger partial charge in [-0.2, -0.15) is 17.6 Å². The Kier molecular flexibility index (Phi) is 6.88. The Morgan fingerprint density at radius 2 is 1.87 bits per heavy atom. The van der Waals surface area contributed by atoms with Gasteiger partial charge in [-0.1, -0.05) is 12.1 Å². The van der Waals surface area contributed by atoms with Gasteiger partial charge in [0.15, 0.2) is 0 Å². The molecule has 0 atom stereocenters. The molecule has 0 aliphatic rings. The largest absolute Gasteiger partial charge is 0.435 e. The first-order valence-corrected chi connectivity index (χ1v) is 9.45. The maximum Gasteiger partial charge on any atom is 0.387 e. The molecule has 0 saturated heterocycles. The molecule has 1 aromatic heterocycles. The quantitative estimate of drug-likeness (QED) is 0.358. The van der Waals surface area contributed by atoms with Crippen molar-refractivity contribution in [1.82, 2.24) is 9.88 Å². The molecule has 0 fully saturated rings. The first-order chi connectivity index (χ1) is 14.3. The summed E-state index contributed by atoms with van der Waals surface area (Å²) in [5, 5.41) is 0.746. The minimum atomic E-state index is -3.17. The van der Waals surface area contributed by atoms with E-state index in [0.717, 1.165) is 21.3 Å². The maximum absolute atomic E-state index is 12.6. The van der Waals surface area contributed by atoms with E-state index in [2.05, 4.69) is 14.5 Å². The van der Waals surface area contributed by atoms with Crippen molar-refractivity contribution in [3.05, 3.63) is 59.1 Å². The van der Waals surface area contributed by atoms with Crippen LogP contribution in [0.3, 0.4) is 0 Å². The van der Waals surface area contributed by atoms with Crippen molar-refractivity contribution in [2.75, 3.05) is 7.05 Å². The number of hydrogen-bond donors (Lipinski definition) is 0. The molecule has 3 aromatic rings. The third kappa shape index (κ3) is 5.69. The molecule has 3 rings (SSSR count). The summed E-state index contributed by atoms with van der Waals surface area (Å²) in [6.07, 6.45) is 2.44. The summed E-state index contributed by atoms with van der Waals surface area (Å²) in [4.78, 5) is 18.3. The highest BCUT2D eigenvalue weighted by atomic mass is 32.1. The predicted octanol–water partition coefficient (Wildman–Crippen LogP) is 5.17. The monoisotopic (exact) mass is 440 g/mol. The molecule has 0 radical (unpaired) electrons. The van der Waals surface area contributed by atoms with E-state index in [1.54, 1.807) is 7.05 Å². The van der Waals surface area contributed by atoms with E-state index in [4.69, 9.17) is 0 Å². The third-order valence-electron chi connectivity index (χ3n) is 3.92. The molecule has 0 unspecified atom stereocenters. The van der Waals surface area contributed by atoms with Gasteiger partial charge in [0.25, 0.3) is 0 Å². The van der Waals surface area contributed by atoms with E-state index < -0.39 is 19.1 Å². The third-order valence-corrected chi connectivity index (χ3v) is 4.94. The molecule has 0 aliphatic carbocycles. The maximum atomic E-state index is 12.6. The Labute approximate surface area is 173 Å². The van der Waals surface area contributed by atoms with Crippen molar-refractivity contribution in [3.8, 4) is 11.5 Å². The van der Waals surface area contributed by atoms with Gasteiger partial charge in [-0.05, 0) is 30.3 Å². The minimum Gasteiger partial charge on any atom is -0.435 e. The van der Waals surface area contributed by atoms with E-state index in [1.807, 2.05) is 24.3 Å². The number of para-hydroxylation sites is 1. The van der Waals surface area contributed by atoms with Crippen LogP contribution in [0.1, 0.15) is 10.6 Å². The average Bonchev–Trinajstić information content (AvgIpc) is 3.08. The van der Waals surface area contributed by atoms with Crippen LogP contribution in [0.25, 0.3) is 16.3 Å². The second kappa shape index (κ2) is 9.57. The SMILES string of the molecule is CN(Cc1nc2ccccc2s1)C(=O)/C=C/c1ccc(OC(F)F)cc1OC(F)F. The number of amides is 1. The number of benzene rings is 2. The molecule has 1 amide bonds. The molecular formula is C20H16F4N2O3S. The summed E-state index contributed by atoms with van der Waals surface area (Å²) < 4.78 is 59.5. The number of likely N-dealkylation sites (N-methyl/N-ethyl adjacent to an activating group) is 1. The number of carbonyl (C=O) groups excluding carboxylic acids is 1. The number of alkyl halides is 4. The summed E-state index contributed by atoms with van der Waals surface area (Å²) in [6.45, 7) is -6.01. The van der Waals surface area contributed by atoms with E-state index in [-0.39, 0.29) is 23.6 Å². The molecule has 0 aliphatic heterocycles. The Bertz CT molecular complexity index is 1020. The van der Waals surface area contributed by atoms with Crippen LogP contribution in [-0.2, 0) is 11.3 Å². The highest BCUT2D eigenvalue weighted by Crippen LogP contribution is 2.29. The standard InChI is InChI=1S/C20H16F4N2O3S/c1-26(11-17-25-14-4-2-3-5-16(14)30-17)18(27)9-7-12-6-8-13(28-19(21)22)10-15(12)29-20(23)24/h2-10,19-20H,11H2,1H3/b9-7+. The number of fused-ring (bicyclic) bond motifs is 1. The summed E-state index contributed by atoms with van der Waals surface area (Å²) in [6, 6.07) is 10.9. The van der Waals surface area contributed by atoms with Crippen LogP contribution in [0.15, 0.2) is 48.5 Å². The van der Waals surface area contributed by atoms with Gasteiger partial charge in [-0.3, -0.25) is 4.79 Å². The predicted molar refractivity (Wildman–Crippen MR) is 105 cm³/mol. The van der Waals surface area contributed by atoms with Gasteiger partial charge >= 0.3 is 13.2 Å². The van der Waals surface area contributed by atoms with Gasteiger partial charge in [0.2, 0.25) is 5.91 Å². The van der Waals surface area contributed by atoms with Gasteiger partial charge in [0.05, 0.1) is 16.8 Å². The highest BCUT2D eigenvalue weighted by molar-refractivity contribution is 7.18. The topological polar surface area (TPSA) is 51.7 Å². The van der Waals surface area contributed by atoms with Crippen molar-refractivity contribution < 1.29 is 31.8 Å². The average molecular weight is 440 g/mol. The summed E-state index contributed by atoms with van der Waals surface area (Å²) in [7, 11) is 1.58. The number of carbonyl (C=O) groups is 1. The Morgan fingerprint density at radius 1 is 1.13 bits per heavy atom. The van der Waals surface area contributed by atoms with E-state index in [9.17, 15) is 22.4 Å². The van der Waals surface area contributed by atoms with Gasteiger partial charge in [-0.25, -0.2) is 4.98 Å². The van der Waals surface area contributed by atoms with Crippen LogP contribution in [-0.4, -0.2) is 36.1 Å². The van der Waals surface area contributed by atoms with Gasteiger partial charge in [-0.15, -0.1) is 11.3 Å². The number of nitrogens with zero attached hydrogens (tertiary/aromatic N) is 2. The zero-order valence-electron chi connectivity index (χ0n) is 15.6. The van der Waals surface area contributed by atoms with Crippen LogP contribution >= 0.6 is 11.3 Å². The molecule has 0 saturated carbocycles. The molecule has 2 aromatic carbocycles. The first-order valence-electron chi connectivity index (χ1n) is 8.63. The fraction of sp³-hybridized carbons (Fsp3) is 0.200. The van der Waals surface area contributed by atoms with Crippen molar-refractivity contribution in [2.45, 2.75) is 19.8 Å². The lowest BCUT2D eigenvalue weighted by Crippen LogP contribution is -2.24. The number of hydrogen-bond acceptors (Lipinski definition) is 5. The molecule has 1 heterocycles. The summed E-state index contributed by atoms with van der Waals surface area (Å²) in [5.74, 6) is -1.12. The van der Waals surface area contributed by atoms with E-state index in [1.165, 1.54) is 40.5 Å². The van der Waals surface area contributed by atoms with E-state index >= 15 is 0 Å². The van der Waals surface area contributed by atoms with Crippen LogP contribution in [0.4, 0.5) is 17.6 Å². The van der Waals surface area contributed by atoms with E-state index in [0.29, 0.717) is 0 Å². The molecule has 30 heavy (non-hydrogen) atoms. The molecule has 0 N–H and O–H groups in total. The van der Waals surface area contributed by atoms with Crippen LogP contribution in [0, 0.1) is 0 Å². The van der Waals surface area contributed by atoms with Crippen LogP contribution in [0.5, 0.6) is 11.5 Å².